The third-order valence-electron chi connectivity index (χ3n) is 7.81. The summed E-state index contributed by atoms with van der Waals surface area (Å²) >= 11 is 0. The fraction of sp³-hybridized carbons (Fsp3) is 0.0476. The molecule has 6 aromatic rings. The molecule has 45 heavy (non-hydrogen) atoms. The van der Waals surface area contributed by atoms with E-state index in [2.05, 4.69) is 127 Å². The Hall–Kier alpha value is -6.16. The molecule has 0 saturated carbocycles. The van der Waals surface area contributed by atoms with E-state index in [9.17, 15) is 5.26 Å². The molecule has 0 radical (unpaired) electrons. The van der Waals surface area contributed by atoms with Crippen molar-refractivity contribution < 1.29 is 0 Å². The number of benzene rings is 6. The lowest BCUT2D eigenvalue weighted by molar-refractivity contribution is 1.27. The Morgan fingerprint density at radius 2 is 1.02 bits per heavy atom. The minimum Gasteiger partial charge on any atom is -0.311 e. The monoisotopic (exact) mass is 577 g/mol. The second-order valence-electron chi connectivity index (χ2n) is 11.1. The average Bonchev–Trinajstić information content (AvgIpc) is 3.08. The third-order valence-corrected chi connectivity index (χ3v) is 7.81. The molecule has 3 heteroatoms. The highest BCUT2D eigenvalue weighted by atomic mass is 15.1. The predicted molar refractivity (Wildman–Crippen MR) is 190 cm³/mol. The van der Waals surface area contributed by atoms with E-state index in [0.29, 0.717) is 11.3 Å². The second kappa shape index (κ2) is 13.0. The van der Waals surface area contributed by atoms with E-state index < -0.39 is 0 Å². The standard InChI is InChI=1S/C42H31N3/c1-30-9-13-32(14-10-30)16-18-35-26-40-36(29-43)25-34(27-41(40)42(28-35)44-3)17-15-33-19-23-39(24-20-33)45(37-7-5-4-6-8-37)38-21-11-31(2)12-22-38/h4-28H,1-2H3/b17-15-,18-16-. The van der Waals surface area contributed by atoms with Crippen molar-refractivity contribution in [1.82, 2.24) is 0 Å². The van der Waals surface area contributed by atoms with Crippen LogP contribution in [0.15, 0.2) is 127 Å². The molecule has 0 aromatic heterocycles. The molecule has 0 saturated heterocycles. The van der Waals surface area contributed by atoms with Gasteiger partial charge in [0, 0.05) is 17.1 Å². The molecule has 214 valence electrons. The number of nitriles is 1. The van der Waals surface area contributed by atoms with Gasteiger partial charge in [0.15, 0.2) is 5.69 Å². The van der Waals surface area contributed by atoms with Crippen molar-refractivity contribution in [3.05, 3.63) is 178 Å². The summed E-state index contributed by atoms with van der Waals surface area (Å²) < 4.78 is 0. The average molecular weight is 578 g/mol. The number of hydrogen-bond donors (Lipinski definition) is 0. The van der Waals surface area contributed by atoms with E-state index in [4.69, 9.17) is 6.57 Å². The number of rotatable bonds is 7. The van der Waals surface area contributed by atoms with Crippen LogP contribution in [0.1, 0.15) is 38.9 Å². The van der Waals surface area contributed by atoms with Crippen molar-refractivity contribution >= 4 is 57.8 Å². The van der Waals surface area contributed by atoms with Crippen LogP contribution in [0.5, 0.6) is 0 Å². The summed E-state index contributed by atoms with van der Waals surface area (Å²) in [6.45, 7) is 12.0. The minimum absolute atomic E-state index is 0.532. The SMILES string of the molecule is [C-]#[N+]c1cc(/C=C\c2ccc(C)cc2)cc2c(C#N)cc(/C=C\c3ccc(N(c4ccccc4)c4ccc(C)cc4)cc3)cc12. The van der Waals surface area contributed by atoms with Crippen LogP contribution in [0.4, 0.5) is 22.7 Å². The van der Waals surface area contributed by atoms with Crippen molar-refractivity contribution in [2.75, 3.05) is 4.90 Å². The summed E-state index contributed by atoms with van der Waals surface area (Å²) in [7, 11) is 0. The highest BCUT2D eigenvalue weighted by Gasteiger charge is 2.12. The van der Waals surface area contributed by atoms with Gasteiger partial charge in [0.1, 0.15) is 0 Å². The maximum absolute atomic E-state index is 10.0. The van der Waals surface area contributed by atoms with Crippen LogP contribution in [0.25, 0.3) is 39.9 Å². The zero-order valence-corrected chi connectivity index (χ0v) is 25.3. The molecule has 0 aliphatic carbocycles. The molecule has 0 aliphatic rings. The number of nitrogens with zero attached hydrogens (tertiary/aromatic N) is 3. The highest BCUT2D eigenvalue weighted by Crippen LogP contribution is 2.35. The van der Waals surface area contributed by atoms with Crippen LogP contribution >= 0.6 is 0 Å². The fourth-order valence-corrected chi connectivity index (χ4v) is 5.38. The fourth-order valence-electron chi connectivity index (χ4n) is 5.38. The Balaban J connectivity index is 1.29. The lowest BCUT2D eigenvalue weighted by atomic mass is 9.97. The summed E-state index contributed by atoms with van der Waals surface area (Å²) in [6.07, 6.45) is 8.07. The van der Waals surface area contributed by atoms with E-state index in [1.165, 1.54) is 11.1 Å². The van der Waals surface area contributed by atoms with Gasteiger partial charge in [-0.15, -0.1) is 0 Å². The van der Waals surface area contributed by atoms with Gasteiger partial charge in [-0.1, -0.05) is 108 Å². The first-order chi connectivity index (χ1) is 22.0. The first-order valence-electron chi connectivity index (χ1n) is 14.8. The van der Waals surface area contributed by atoms with Gasteiger partial charge in [-0.25, -0.2) is 4.85 Å². The van der Waals surface area contributed by atoms with Gasteiger partial charge in [0.25, 0.3) is 0 Å². The first kappa shape index (κ1) is 28.9. The van der Waals surface area contributed by atoms with Gasteiger partial charge in [0.2, 0.25) is 0 Å². The molecule has 0 atom stereocenters. The second-order valence-corrected chi connectivity index (χ2v) is 11.1. The Morgan fingerprint density at radius 3 is 1.60 bits per heavy atom. The van der Waals surface area contributed by atoms with Gasteiger partial charge < -0.3 is 4.90 Å². The summed E-state index contributed by atoms with van der Waals surface area (Å²) in [4.78, 5) is 6.06. The molecule has 0 heterocycles. The Kier molecular flexibility index (Phi) is 8.36. The highest BCUT2D eigenvalue weighted by molar-refractivity contribution is 6.01. The van der Waals surface area contributed by atoms with E-state index >= 15 is 0 Å². The Bertz CT molecular complexity index is 2110. The van der Waals surface area contributed by atoms with E-state index in [1.54, 1.807) is 0 Å². The molecule has 0 fully saturated rings. The van der Waals surface area contributed by atoms with Gasteiger partial charge in [-0.3, -0.25) is 0 Å². The summed E-state index contributed by atoms with van der Waals surface area (Å²) in [5.41, 5.74) is 10.7. The normalized spacial score (nSPS) is 11.1. The number of anilines is 3. The molecule has 0 aliphatic heterocycles. The number of para-hydroxylation sites is 1. The number of aryl methyl sites for hydroxylation is 2. The van der Waals surface area contributed by atoms with Crippen molar-refractivity contribution in [3.8, 4) is 6.07 Å². The molecule has 0 unspecified atom stereocenters. The van der Waals surface area contributed by atoms with Crippen LogP contribution < -0.4 is 4.90 Å². The van der Waals surface area contributed by atoms with E-state index in [1.807, 2.05) is 54.6 Å². The molecule has 0 spiro atoms. The van der Waals surface area contributed by atoms with Gasteiger partial charge in [-0.2, -0.15) is 5.26 Å². The largest absolute Gasteiger partial charge is 0.311 e. The summed E-state index contributed by atoms with van der Waals surface area (Å²) in [6, 6.07) is 45.7. The zero-order valence-electron chi connectivity index (χ0n) is 25.3. The van der Waals surface area contributed by atoms with Gasteiger partial charge >= 0.3 is 0 Å². The number of hydrogen-bond acceptors (Lipinski definition) is 2. The summed E-state index contributed by atoms with van der Waals surface area (Å²) in [5, 5.41) is 11.6. The van der Waals surface area contributed by atoms with Crippen LogP contribution in [-0.2, 0) is 0 Å². The van der Waals surface area contributed by atoms with E-state index in [0.717, 1.165) is 50.1 Å². The molecule has 6 aromatic carbocycles. The molecule has 6 rings (SSSR count). The zero-order chi connectivity index (χ0) is 31.2. The van der Waals surface area contributed by atoms with E-state index in [-0.39, 0.29) is 0 Å². The Labute approximate surface area is 265 Å². The predicted octanol–water partition coefficient (Wildman–Crippen LogP) is 11.7. The smallest absolute Gasteiger partial charge is 0.195 e. The molecule has 0 bridgehead atoms. The molecular weight excluding hydrogens is 546 g/mol. The first-order valence-corrected chi connectivity index (χ1v) is 14.8. The molecule has 3 nitrogen and oxygen atoms in total. The van der Waals surface area contributed by atoms with Crippen molar-refractivity contribution in [1.29, 1.82) is 5.26 Å². The quantitative estimate of drug-likeness (QED) is 0.140. The lowest BCUT2D eigenvalue weighted by Gasteiger charge is -2.25. The van der Waals surface area contributed by atoms with Crippen molar-refractivity contribution in [3.63, 3.8) is 0 Å². The Morgan fingerprint density at radius 1 is 0.556 bits per heavy atom. The van der Waals surface area contributed by atoms with Gasteiger partial charge in [-0.05, 0) is 101 Å². The topological polar surface area (TPSA) is 31.4 Å². The minimum atomic E-state index is 0.532. The van der Waals surface area contributed by atoms with Crippen LogP contribution in [-0.4, -0.2) is 0 Å². The van der Waals surface area contributed by atoms with Crippen LogP contribution in [0.2, 0.25) is 0 Å². The van der Waals surface area contributed by atoms with Crippen LogP contribution in [0, 0.1) is 31.8 Å². The van der Waals surface area contributed by atoms with Gasteiger partial charge in [0.05, 0.1) is 18.2 Å². The molecule has 0 N–H and O–H groups in total. The number of fused-ring (bicyclic) bond motifs is 1. The lowest BCUT2D eigenvalue weighted by Crippen LogP contribution is -2.09. The maximum Gasteiger partial charge on any atom is 0.195 e. The maximum atomic E-state index is 10.0. The van der Waals surface area contributed by atoms with Crippen molar-refractivity contribution in [2.45, 2.75) is 13.8 Å². The van der Waals surface area contributed by atoms with Crippen molar-refractivity contribution in [2.24, 2.45) is 0 Å². The molecule has 0 amide bonds. The molecular formula is C42H31N3. The summed E-state index contributed by atoms with van der Waals surface area (Å²) in [5.74, 6) is 0. The van der Waals surface area contributed by atoms with Crippen LogP contribution in [0.3, 0.4) is 0 Å². The third kappa shape index (κ3) is 6.60.